The summed E-state index contributed by atoms with van der Waals surface area (Å²) in [6.07, 6.45) is 0. The van der Waals surface area contributed by atoms with Crippen molar-refractivity contribution in [2.45, 2.75) is 6.04 Å². The number of hydrogen-bond acceptors (Lipinski definition) is 1. The summed E-state index contributed by atoms with van der Waals surface area (Å²) in [5, 5.41) is 0. The number of halogens is 5. The summed E-state index contributed by atoms with van der Waals surface area (Å²) in [6.45, 7) is 0. The molecule has 0 amide bonds. The summed E-state index contributed by atoms with van der Waals surface area (Å²) in [4.78, 5) is 0. The minimum Gasteiger partial charge on any atom is -0.320 e. The maximum Gasteiger partial charge on any atom is 0.194 e. The highest BCUT2D eigenvalue weighted by Crippen LogP contribution is 2.31. The maximum absolute atomic E-state index is 13.6. The van der Waals surface area contributed by atoms with Crippen molar-refractivity contribution in [1.29, 1.82) is 0 Å². The van der Waals surface area contributed by atoms with Crippen molar-refractivity contribution in [2.24, 2.45) is 5.73 Å². The fraction of sp³-hybridized carbons (Fsp3) is 0.0769. The summed E-state index contributed by atoms with van der Waals surface area (Å²) in [6, 6.07) is 4.77. The average molecular weight is 334 g/mol. The third-order valence-corrected chi connectivity index (χ3v) is 3.55. The van der Waals surface area contributed by atoms with Gasteiger partial charge in [0.15, 0.2) is 17.5 Å². The van der Waals surface area contributed by atoms with Crippen molar-refractivity contribution in [2.75, 3.05) is 0 Å². The van der Waals surface area contributed by atoms with Gasteiger partial charge in [-0.2, -0.15) is 0 Å². The Bertz CT molecular complexity index is 630. The van der Waals surface area contributed by atoms with Crippen LogP contribution >= 0.6 is 15.9 Å². The Morgan fingerprint density at radius 3 is 2.21 bits per heavy atom. The lowest BCUT2D eigenvalue weighted by atomic mass is 9.99. The van der Waals surface area contributed by atoms with Gasteiger partial charge >= 0.3 is 0 Å². The van der Waals surface area contributed by atoms with Crippen molar-refractivity contribution in [3.8, 4) is 0 Å². The van der Waals surface area contributed by atoms with Crippen LogP contribution in [0.3, 0.4) is 0 Å². The standard InChI is InChI=1S/C13H8BrF4N/c14-10-6(2-1-3-8(10)15)13(19)7-4-5-9(16)12(18)11(7)17/h1-5,13H,19H2. The molecule has 0 fully saturated rings. The highest BCUT2D eigenvalue weighted by atomic mass is 79.9. The summed E-state index contributed by atoms with van der Waals surface area (Å²) >= 11 is 2.99. The van der Waals surface area contributed by atoms with E-state index in [1.165, 1.54) is 18.2 Å². The van der Waals surface area contributed by atoms with E-state index in [0.29, 0.717) is 0 Å². The van der Waals surface area contributed by atoms with Crippen LogP contribution in [-0.4, -0.2) is 0 Å². The molecule has 1 nitrogen and oxygen atoms in total. The average Bonchev–Trinajstić information content (AvgIpc) is 2.39. The molecule has 0 bridgehead atoms. The molecular weight excluding hydrogens is 326 g/mol. The monoisotopic (exact) mass is 333 g/mol. The molecule has 19 heavy (non-hydrogen) atoms. The van der Waals surface area contributed by atoms with Gasteiger partial charge in [0.2, 0.25) is 0 Å². The van der Waals surface area contributed by atoms with Gasteiger partial charge in [0.1, 0.15) is 5.82 Å². The van der Waals surface area contributed by atoms with Crippen LogP contribution in [-0.2, 0) is 0 Å². The van der Waals surface area contributed by atoms with Crippen LogP contribution in [0, 0.1) is 23.3 Å². The van der Waals surface area contributed by atoms with Gasteiger partial charge in [0, 0.05) is 5.56 Å². The number of hydrogen-bond donors (Lipinski definition) is 1. The topological polar surface area (TPSA) is 26.0 Å². The Balaban J connectivity index is 2.53. The zero-order valence-electron chi connectivity index (χ0n) is 9.43. The van der Waals surface area contributed by atoms with Crippen molar-refractivity contribution >= 4 is 15.9 Å². The second kappa shape index (κ2) is 5.30. The zero-order chi connectivity index (χ0) is 14.2. The van der Waals surface area contributed by atoms with E-state index in [0.717, 1.165) is 12.1 Å². The van der Waals surface area contributed by atoms with Crippen LogP contribution in [0.4, 0.5) is 17.6 Å². The summed E-state index contributed by atoms with van der Waals surface area (Å²) < 4.78 is 53.1. The van der Waals surface area contributed by atoms with Gasteiger partial charge in [-0.1, -0.05) is 18.2 Å². The second-order valence-corrected chi connectivity index (χ2v) is 4.68. The van der Waals surface area contributed by atoms with E-state index >= 15 is 0 Å². The van der Waals surface area contributed by atoms with E-state index in [2.05, 4.69) is 15.9 Å². The normalized spacial score (nSPS) is 12.5. The van der Waals surface area contributed by atoms with E-state index in [9.17, 15) is 17.6 Å². The van der Waals surface area contributed by atoms with Crippen molar-refractivity contribution in [3.63, 3.8) is 0 Å². The van der Waals surface area contributed by atoms with Gasteiger partial charge < -0.3 is 5.73 Å². The van der Waals surface area contributed by atoms with Crippen molar-refractivity contribution < 1.29 is 17.6 Å². The van der Waals surface area contributed by atoms with Gasteiger partial charge in [-0.15, -0.1) is 0 Å². The molecule has 0 aliphatic carbocycles. The molecule has 0 spiro atoms. The van der Waals surface area contributed by atoms with Gasteiger partial charge in [0.25, 0.3) is 0 Å². The predicted molar refractivity (Wildman–Crippen MR) is 66.4 cm³/mol. The first-order valence-electron chi connectivity index (χ1n) is 5.26. The van der Waals surface area contributed by atoms with E-state index in [4.69, 9.17) is 5.73 Å². The summed E-state index contributed by atoms with van der Waals surface area (Å²) in [5.74, 6) is -4.84. The lowest BCUT2D eigenvalue weighted by molar-refractivity contribution is 0.438. The van der Waals surface area contributed by atoms with Crippen LogP contribution in [0.15, 0.2) is 34.8 Å². The van der Waals surface area contributed by atoms with Gasteiger partial charge in [-0.3, -0.25) is 0 Å². The molecule has 0 saturated carbocycles. The SMILES string of the molecule is NC(c1ccc(F)c(F)c1F)c1cccc(F)c1Br. The third kappa shape index (κ3) is 2.50. The summed E-state index contributed by atoms with van der Waals surface area (Å²) in [5.41, 5.74) is 5.78. The predicted octanol–water partition coefficient (Wildman–Crippen LogP) is 4.05. The maximum atomic E-state index is 13.6. The highest BCUT2D eigenvalue weighted by molar-refractivity contribution is 9.10. The lowest BCUT2D eigenvalue weighted by Crippen LogP contribution is -2.16. The fourth-order valence-electron chi connectivity index (χ4n) is 1.71. The van der Waals surface area contributed by atoms with Crippen LogP contribution in [0.25, 0.3) is 0 Å². The van der Waals surface area contributed by atoms with Gasteiger partial charge in [0.05, 0.1) is 10.5 Å². The molecule has 0 radical (unpaired) electrons. The third-order valence-electron chi connectivity index (χ3n) is 2.72. The van der Waals surface area contributed by atoms with Crippen molar-refractivity contribution in [1.82, 2.24) is 0 Å². The highest BCUT2D eigenvalue weighted by Gasteiger charge is 2.21. The van der Waals surface area contributed by atoms with Gasteiger partial charge in [-0.25, -0.2) is 17.6 Å². The molecule has 1 atom stereocenters. The second-order valence-electron chi connectivity index (χ2n) is 3.89. The molecule has 100 valence electrons. The molecule has 6 heteroatoms. The lowest BCUT2D eigenvalue weighted by Gasteiger charge is -2.16. The molecule has 1 unspecified atom stereocenters. The van der Waals surface area contributed by atoms with Crippen LogP contribution < -0.4 is 5.73 Å². The number of benzene rings is 2. The minimum atomic E-state index is -1.60. The van der Waals surface area contributed by atoms with Crippen molar-refractivity contribution in [3.05, 3.63) is 69.2 Å². The molecule has 0 aromatic heterocycles. The zero-order valence-corrected chi connectivity index (χ0v) is 11.0. The Hall–Kier alpha value is -1.40. The molecule has 2 aromatic carbocycles. The van der Waals surface area contributed by atoms with E-state index < -0.39 is 29.3 Å². The molecule has 0 aliphatic rings. The first-order valence-corrected chi connectivity index (χ1v) is 6.05. The van der Waals surface area contributed by atoms with Gasteiger partial charge in [-0.05, 0) is 33.6 Å². The minimum absolute atomic E-state index is 0.0617. The fourth-order valence-corrected chi connectivity index (χ4v) is 2.22. The molecule has 0 saturated heterocycles. The molecule has 2 aromatic rings. The van der Waals surface area contributed by atoms with Crippen LogP contribution in [0.1, 0.15) is 17.2 Å². The first kappa shape index (κ1) is 14.0. The Labute approximate surface area is 115 Å². The van der Waals surface area contributed by atoms with E-state index in [1.54, 1.807) is 0 Å². The first-order chi connectivity index (χ1) is 8.93. The van der Waals surface area contributed by atoms with Crippen LogP contribution in [0.5, 0.6) is 0 Å². The molecule has 0 aliphatic heterocycles. The molecule has 0 heterocycles. The molecule has 2 rings (SSSR count). The van der Waals surface area contributed by atoms with E-state index in [1.807, 2.05) is 0 Å². The Kier molecular flexibility index (Phi) is 3.91. The smallest absolute Gasteiger partial charge is 0.194 e. The molecular formula is C13H8BrF4N. The Morgan fingerprint density at radius 1 is 0.842 bits per heavy atom. The largest absolute Gasteiger partial charge is 0.320 e. The number of rotatable bonds is 2. The molecule has 2 N–H and O–H groups in total. The quantitative estimate of drug-likeness (QED) is 0.651. The summed E-state index contributed by atoms with van der Waals surface area (Å²) in [7, 11) is 0. The van der Waals surface area contributed by atoms with E-state index in [-0.39, 0.29) is 15.6 Å². The number of nitrogens with two attached hydrogens (primary N) is 1. The Morgan fingerprint density at radius 2 is 1.53 bits per heavy atom. The van der Waals surface area contributed by atoms with Crippen LogP contribution in [0.2, 0.25) is 0 Å².